The predicted molar refractivity (Wildman–Crippen MR) is 70.8 cm³/mol. The number of hydrogen-bond donors (Lipinski definition) is 1. The van der Waals surface area contributed by atoms with E-state index in [0.29, 0.717) is 4.99 Å². The topological polar surface area (TPSA) is 42.1 Å². The van der Waals surface area contributed by atoms with E-state index in [9.17, 15) is 0 Å². The zero-order chi connectivity index (χ0) is 11.4. The average Bonchev–Trinajstić information content (AvgIpc) is 2.57. The second kappa shape index (κ2) is 5.25. The molecule has 0 amide bonds. The van der Waals surface area contributed by atoms with Gasteiger partial charge in [-0.3, -0.25) is 0 Å². The Morgan fingerprint density at radius 1 is 1.25 bits per heavy atom. The molecule has 0 unspecified atom stereocenters. The Bertz CT molecular complexity index is 370. The molecule has 3 nitrogen and oxygen atoms in total. The van der Waals surface area contributed by atoms with E-state index in [2.05, 4.69) is 9.88 Å². The van der Waals surface area contributed by atoms with E-state index in [4.69, 9.17) is 18.0 Å². The molecule has 4 heteroatoms. The lowest BCUT2D eigenvalue weighted by atomic mass is 10.2. The van der Waals surface area contributed by atoms with Crippen molar-refractivity contribution in [3.63, 3.8) is 0 Å². The lowest BCUT2D eigenvalue weighted by Crippen LogP contribution is -2.25. The number of nitrogens with two attached hydrogens (primary N) is 1. The van der Waals surface area contributed by atoms with Gasteiger partial charge in [0.25, 0.3) is 0 Å². The van der Waals surface area contributed by atoms with Gasteiger partial charge in [-0.05, 0) is 25.0 Å². The number of thiocarbonyl (C=S) groups is 1. The van der Waals surface area contributed by atoms with Gasteiger partial charge < -0.3 is 10.6 Å². The highest BCUT2D eigenvalue weighted by molar-refractivity contribution is 7.80. The summed E-state index contributed by atoms with van der Waals surface area (Å²) in [6.45, 7) is 2.18. The van der Waals surface area contributed by atoms with Crippen molar-refractivity contribution in [3.05, 3.63) is 23.9 Å². The zero-order valence-corrected chi connectivity index (χ0v) is 10.2. The van der Waals surface area contributed by atoms with Gasteiger partial charge in [-0.15, -0.1) is 0 Å². The first-order valence-corrected chi connectivity index (χ1v) is 6.19. The Labute approximate surface area is 102 Å². The maximum atomic E-state index is 5.63. The second-order valence-electron chi connectivity index (χ2n) is 4.17. The zero-order valence-electron chi connectivity index (χ0n) is 9.35. The third kappa shape index (κ3) is 2.70. The number of aromatic nitrogens is 1. The normalized spacial score (nSPS) is 16.9. The monoisotopic (exact) mass is 235 g/mol. The first-order valence-electron chi connectivity index (χ1n) is 5.78. The summed E-state index contributed by atoms with van der Waals surface area (Å²) in [7, 11) is 0. The molecule has 1 saturated heterocycles. The van der Waals surface area contributed by atoms with Crippen molar-refractivity contribution >= 4 is 23.0 Å². The SMILES string of the molecule is NC(=S)c1ccnc(N2CCCCCC2)c1. The van der Waals surface area contributed by atoms with E-state index in [-0.39, 0.29) is 0 Å². The van der Waals surface area contributed by atoms with Crippen molar-refractivity contribution in [3.8, 4) is 0 Å². The smallest absolute Gasteiger partial charge is 0.129 e. The second-order valence-corrected chi connectivity index (χ2v) is 4.61. The van der Waals surface area contributed by atoms with Crippen LogP contribution in [0.1, 0.15) is 31.2 Å². The Hall–Kier alpha value is -1.16. The van der Waals surface area contributed by atoms with Crippen LogP contribution < -0.4 is 10.6 Å². The van der Waals surface area contributed by atoms with Crippen molar-refractivity contribution in [2.75, 3.05) is 18.0 Å². The molecule has 0 aliphatic carbocycles. The third-order valence-corrected chi connectivity index (χ3v) is 3.20. The van der Waals surface area contributed by atoms with Gasteiger partial charge in [0.2, 0.25) is 0 Å². The molecule has 0 spiro atoms. The third-order valence-electron chi connectivity index (χ3n) is 2.96. The van der Waals surface area contributed by atoms with E-state index in [1.807, 2.05) is 12.1 Å². The molecule has 1 aliphatic rings. The van der Waals surface area contributed by atoms with Crippen LogP contribution in [0.15, 0.2) is 18.3 Å². The maximum absolute atomic E-state index is 5.63. The summed E-state index contributed by atoms with van der Waals surface area (Å²) in [6.07, 6.45) is 6.93. The fourth-order valence-corrected chi connectivity index (χ4v) is 2.17. The van der Waals surface area contributed by atoms with Gasteiger partial charge in [0.05, 0.1) is 0 Å². The van der Waals surface area contributed by atoms with Crippen molar-refractivity contribution in [2.24, 2.45) is 5.73 Å². The summed E-state index contributed by atoms with van der Waals surface area (Å²) < 4.78 is 0. The average molecular weight is 235 g/mol. The largest absolute Gasteiger partial charge is 0.389 e. The van der Waals surface area contributed by atoms with Gasteiger partial charge in [-0.1, -0.05) is 25.1 Å². The molecule has 1 aliphatic heterocycles. The van der Waals surface area contributed by atoms with Crippen LogP contribution >= 0.6 is 12.2 Å². The molecule has 1 fully saturated rings. The molecule has 16 heavy (non-hydrogen) atoms. The van der Waals surface area contributed by atoms with Gasteiger partial charge in [-0.2, -0.15) is 0 Å². The lowest BCUT2D eigenvalue weighted by molar-refractivity contribution is 0.726. The molecule has 1 aromatic rings. The fraction of sp³-hybridized carbons (Fsp3) is 0.500. The minimum atomic E-state index is 0.443. The Kier molecular flexibility index (Phi) is 3.72. The molecule has 0 atom stereocenters. The quantitative estimate of drug-likeness (QED) is 0.797. The van der Waals surface area contributed by atoms with Gasteiger partial charge in [0.15, 0.2) is 0 Å². The van der Waals surface area contributed by atoms with Crippen molar-refractivity contribution in [1.82, 2.24) is 4.98 Å². The lowest BCUT2D eigenvalue weighted by Gasteiger charge is -2.21. The van der Waals surface area contributed by atoms with Crippen molar-refractivity contribution < 1.29 is 0 Å². The Morgan fingerprint density at radius 2 is 1.94 bits per heavy atom. The van der Waals surface area contributed by atoms with Crippen LogP contribution in [0.5, 0.6) is 0 Å². The Balaban J connectivity index is 2.18. The summed E-state index contributed by atoms with van der Waals surface area (Å²) in [6, 6.07) is 3.86. The molecule has 2 N–H and O–H groups in total. The van der Waals surface area contributed by atoms with Crippen molar-refractivity contribution in [1.29, 1.82) is 0 Å². The van der Waals surface area contributed by atoms with E-state index < -0.39 is 0 Å². The molecular weight excluding hydrogens is 218 g/mol. The minimum Gasteiger partial charge on any atom is -0.389 e. The molecule has 2 heterocycles. The molecule has 0 bridgehead atoms. The van der Waals surface area contributed by atoms with Gasteiger partial charge in [0.1, 0.15) is 10.8 Å². The number of rotatable bonds is 2. The molecule has 0 saturated carbocycles. The number of hydrogen-bond acceptors (Lipinski definition) is 3. The van der Waals surface area contributed by atoms with E-state index in [1.165, 1.54) is 25.7 Å². The summed E-state index contributed by atoms with van der Waals surface area (Å²) in [5.74, 6) is 1.01. The summed E-state index contributed by atoms with van der Waals surface area (Å²) in [4.78, 5) is 7.17. The highest BCUT2D eigenvalue weighted by Crippen LogP contribution is 2.18. The number of pyridine rings is 1. The molecular formula is C12H17N3S. The van der Waals surface area contributed by atoms with Crippen LogP contribution in [0.3, 0.4) is 0 Å². The van der Waals surface area contributed by atoms with Gasteiger partial charge >= 0.3 is 0 Å². The van der Waals surface area contributed by atoms with Gasteiger partial charge in [-0.25, -0.2) is 4.98 Å². The van der Waals surface area contributed by atoms with Gasteiger partial charge in [0, 0.05) is 24.8 Å². The molecule has 86 valence electrons. The van der Waals surface area contributed by atoms with Crippen LogP contribution in [-0.4, -0.2) is 23.1 Å². The number of nitrogens with zero attached hydrogens (tertiary/aromatic N) is 2. The summed E-state index contributed by atoms with van der Waals surface area (Å²) in [5, 5.41) is 0. The minimum absolute atomic E-state index is 0.443. The van der Waals surface area contributed by atoms with Crippen LogP contribution in [-0.2, 0) is 0 Å². The molecule has 1 aromatic heterocycles. The van der Waals surface area contributed by atoms with Crippen molar-refractivity contribution in [2.45, 2.75) is 25.7 Å². The van der Waals surface area contributed by atoms with Crippen LogP contribution in [0.4, 0.5) is 5.82 Å². The predicted octanol–water partition coefficient (Wildman–Crippen LogP) is 2.10. The summed E-state index contributed by atoms with van der Waals surface area (Å²) in [5.41, 5.74) is 6.53. The Morgan fingerprint density at radius 3 is 2.56 bits per heavy atom. The number of anilines is 1. The first kappa shape index (κ1) is 11.3. The molecule has 0 aromatic carbocycles. The molecule has 0 radical (unpaired) electrons. The van der Waals surface area contributed by atoms with Crippen LogP contribution in [0, 0.1) is 0 Å². The van der Waals surface area contributed by atoms with E-state index >= 15 is 0 Å². The molecule has 2 rings (SSSR count). The van der Waals surface area contributed by atoms with Crippen LogP contribution in [0.25, 0.3) is 0 Å². The highest BCUT2D eigenvalue weighted by atomic mass is 32.1. The highest BCUT2D eigenvalue weighted by Gasteiger charge is 2.11. The fourth-order valence-electron chi connectivity index (χ4n) is 2.04. The van der Waals surface area contributed by atoms with Crippen LogP contribution in [0.2, 0.25) is 0 Å². The van der Waals surface area contributed by atoms with E-state index in [0.717, 1.165) is 24.5 Å². The maximum Gasteiger partial charge on any atom is 0.129 e. The van der Waals surface area contributed by atoms with E-state index in [1.54, 1.807) is 6.20 Å². The summed E-state index contributed by atoms with van der Waals surface area (Å²) >= 11 is 4.98. The standard InChI is InChI=1S/C12H17N3S/c13-12(16)10-5-6-14-11(9-10)15-7-3-1-2-4-8-15/h5-6,9H,1-4,7-8H2,(H2,13,16). The first-order chi connectivity index (χ1) is 7.77.